The Hall–Kier alpha value is -2.69. The van der Waals surface area contributed by atoms with Crippen molar-refractivity contribution in [3.05, 3.63) is 52.6 Å². The fourth-order valence-corrected chi connectivity index (χ4v) is 2.71. The predicted molar refractivity (Wildman–Crippen MR) is 88.6 cm³/mol. The number of aryl methyl sites for hydroxylation is 2. The van der Waals surface area contributed by atoms with E-state index in [1.165, 1.54) is 0 Å². The van der Waals surface area contributed by atoms with E-state index >= 15 is 0 Å². The second-order valence-electron chi connectivity index (χ2n) is 5.36. The SMILES string of the molecule is CCCc1cnc(N)nc1-c1cn(C)c(=O)c2ccccc12. The highest BCUT2D eigenvalue weighted by molar-refractivity contribution is 5.95. The van der Waals surface area contributed by atoms with E-state index in [2.05, 4.69) is 16.9 Å². The van der Waals surface area contributed by atoms with Crippen LogP contribution in [0.15, 0.2) is 41.5 Å². The van der Waals surface area contributed by atoms with Gasteiger partial charge in [0.2, 0.25) is 5.95 Å². The lowest BCUT2D eigenvalue weighted by Gasteiger charge is -2.12. The molecular formula is C17H18N4O. The molecule has 3 rings (SSSR count). The van der Waals surface area contributed by atoms with E-state index in [4.69, 9.17) is 5.73 Å². The van der Waals surface area contributed by atoms with Crippen LogP contribution in [0.1, 0.15) is 18.9 Å². The number of nitrogens with two attached hydrogens (primary N) is 1. The van der Waals surface area contributed by atoms with Crippen LogP contribution in [-0.2, 0) is 13.5 Å². The number of hydrogen-bond acceptors (Lipinski definition) is 4. The summed E-state index contributed by atoms with van der Waals surface area (Å²) < 4.78 is 1.59. The molecule has 0 unspecified atom stereocenters. The van der Waals surface area contributed by atoms with Crippen molar-refractivity contribution in [1.29, 1.82) is 0 Å². The molecule has 5 heteroatoms. The van der Waals surface area contributed by atoms with Gasteiger partial charge in [-0.2, -0.15) is 0 Å². The van der Waals surface area contributed by atoms with Gasteiger partial charge in [0.05, 0.1) is 5.69 Å². The Balaban J connectivity index is 2.38. The second-order valence-corrected chi connectivity index (χ2v) is 5.36. The molecule has 2 aromatic heterocycles. The van der Waals surface area contributed by atoms with E-state index < -0.39 is 0 Å². The highest BCUT2D eigenvalue weighted by Gasteiger charge is 2.14. The van der Waals surface area contributed by atoms with E-state index in [0.717, 1.165) is 35.0 Å². The lowest BCUT2D eigenvalue weighted by Crippen LogP contribution is -2.17. The Bertz CT molecular complexity index is 899. The van der Waals surface area contributed by atoms with Gasteiger partial charge in [-0.1, -0.05) is 31.5 Å². The number of benzene rings is 1. The molecule has 5 nitrogen and oxygen atoms in total. The highest BCUT2D eigenvalue weighted by Crippen LogP contribution is 2.28. The smallest absolute Gasteiger partial charge is 0.258 e. The first-order valence-corrected chi connectivity index (χ1v) is 7.32. The van der Waals surface area contributed by atoms with E-state index in [1.54, 1.807) is 17.8 Å². The molecule has 0 aliphatic carbocycles. The average Bonchev–Trinajstić information content (AvgIpc) is 2.53. The molecule has 0 fully saturated rings. The third kappa shape index (κ3) is 2.35. The predicted octanol–water partition coefficient (Wildman–Crippen LogP) is 2.53. The minimum absolute atomic E-state index is 0.0154. The van der Waals surface area contributed by atoms with Crippen LogP contribution < -0.4 is 11.3 Å². The Labute approximate surface area is 128 Å². The number of nitrogens with zero attached hydrogens (tertiary/aromatic N) is 3. The van der Waals surface area contributed by atoms with E-state index in [0.29, 0.717) is 5.39 Å². The molecule has 0 saturated heterocycles. The van der Waals surface area contributed by atoms with Crippen molar-refractivity contribution in [1.82, 2.24) is 14.5 Å². The molecule has 0 atom stereocenters. The van der Waals surface area contributed by atoms with Gasteiger partial charge in [0.25, 0.3) is 5.56 Å². The zero-order valence-corrected chi connectivity index (χ0v) is 12.7. The van der Waals surface area contributed by atoms with Crippen molar-refractivity contribution in [3.8, 4) is 11.3 Å². The molecule has 2 N–H and O–H groups in total. The van der Waals surface area contributed by atoms with Crippen molar-refractivity contribution in [2.45, 2.75) is 19.8 Å². The van der Waals surface area contributed by atoms with Gasteiger partial charge in [-0.05, 0) is 23.4 Å². The van der Waals surface area contributed by atoms with Gasteiger partial charge in [0, 0.05) is 30.4 Å². The second kappa shape index (κ2) is 5.60. The zero-order chi connectivity index (χ0) is 15.7. The van der Waals surface area contributed by atoms with Crippen LogP contribution in [0.25, 0.3) is 22.0 Å². The Morgan fingerprint density at radius 3 is 2.68 bits per heavy atom. The number of hydrogen-bond donors (Lipinski definition) is 1. The van der Waals surface area contributed by atoms with Crippen molar-refractivity contribution >= 4 is 16.7 Å². The van der Waals surface area contributed by atoms with Gasteiger partial charge < -0.3 is 10.3 Å². The van der Waals surface area contributed by atoms with Crippen molar-refractivity contribution < 1.29 is 0 Å². The van der Waals surface area contributed by atoms with Gasteiger partial charge >= 0.3 is 0 Å². The third-order valence-electron chi connectivity index (χ3n) is 3.75. The van der Waals surface area contributed by atoms with Crippen LogP contribution in [0, 0.1) is 0 Å². The monoisotopic (exact) mass is 294 g/mol. The van der Waals surface area contributed by atoms with Gasteiger partial charge in [-0.25, -0.2) is 9.97 Å². The highest BCUT2D eigenvalue weighted by atomic mass is 16.1. The average molecular weight is 294 g/mol. The molecule has 0 aliphatic heterocycles. The molecule has 0 amide bonds. The van der Waals surface area contributed by atoms with E-state index in [-0.39, 0.29) is 11.5 Å². The summed E-state index contributed by atoms with van der Waals surface area (Å²) in [7, 11) is 1.75. The van der Waals surface area contributed by atoms with E-state index in [1.807, 2.05) is 30.5 Å². The maximum Gasteiger partial charge on any atom is 0.258 e. The van der Waals surface area contributed by atoms with Crippen molar-refractivity contribution in [3.63, 3.8) is 0 Å². The number of anilines is 1. The molecule has 22 heavy (non-hydrogen) atoms. The minimum atomic E-state index is -0.0154. The fraction of sp³-hybridized carbons (Fsp3) is 0.235. The van der Waals surface area contributed by atoms with Crippen LogP contribution in [-0.4, -0.2) is 14.5 Å². The summed E-state index contributed by atoms with van der Waals surface area (Å²) in [5, 5.41) is 1.57. The largest absolute Gasteiger partial charge is 0.368 e. The molecule has 1 aromatic carbocycles. The first-order chi connectivity index (χ1) is 10.6. The first-order valence-electron chi connectivity index (χ1n) is 7.32. The first kappa shape index (κ1) is 14.3. The molecular weight excluding hydrogens is 276 g/mol. The molecule has 2 heterocycles. The molecule has 3 aromatic rings. The molecule has 112 valence electrons. The quantitative estimate of drug-likeness (QED) is 0.805. The maximum atomic E-state index is 12.3. The lowest BCUT2D eigenvalue weighted by atomic mass is 10.00. The van der Waals surface area contributed by atoms with Gasteiger partial charge in [0.15, 0.2) is 0 Å². The summed E-state index contributed by atoms with van der Waals surface area (Å²) in [6.45, 7) is 2.11. The Kier molecular flexibility index (Phi) is 3.63. The number of fused-ring (bicyclic) bond motifs is 1. The minimum Gasteiger partial charge on any atom is -0.368 e. The molecule has 0 radical (unpaired) electrons. The number of aromatic nitrogens is 3. The maximum absolute atomic E-state index is 12.3. The summed E-state index contributed by atoms with van der Waals surface area (Å²) in [6, 6.07) is 7.58. The summed E-state index contributed by atoms with van der Waals surface area (Å²) >= 11 is 0. The normalized spacial score (nSPS) is 11.0. The van der Waals surface area contributed by atoms with Gasteiger partial charge in [-0.3, -0.25) is 4.79 Å². The van der Waals surface area contributed by atoms with Crippen LogP contribution in [0.2, 0.25) is 0 Å². The van der Waals surface area contributed by atoms with Crippen LogP contribution in [0.3, 0.4) is 0 Å². The summed E-state index contributed by atoms with van der Waals surface area (Å²) in [5.41, 5.74) is 8.53. The molecule has 0 saturated carbocycles. The van der Waals surface area contributed by atoms with Crippen LogP contribution in [0.5, 0.6) is 0 Å². The molecule has 0 bridgehead atoms. The molecule has 0 spiro atoms. The van der Waals surface area contributed by atoms with Crippen LogP contribution in [0.4, 0.5) is 5.95 Å². The summed E-state index contributed by atoms with van der Waals surface area (Å²) in [4.78, 5) is 20.8. The number of nitrogen functional groups attached to an aromatic ring is 1. The van der Waals surface area contributed by atoms with E-state index in [9.17, 15) is 4.79 Å². The fourth-order valence-electron chi connectivity index (χ4n) is 2.71. The van der Waals surface area contributed by atoms with Crippen molar-refractivity contribution in [2.24, 2.45) is 7.05 Å². The van der Waals surface area contributed by atoms with Gasteiger partial charge in [-0.15, -0.1) is 0 Å². The standard InChI is InChI=1S/C17H18N4O/c1-3-6-11-9-19-17(18)20-15(11)14-10-21(2)16(22)13-8-5-4-7-12(13)14/h4-5,7-10H,3,6H2,1-2H3,(H2,18,19,20). The summed E-state index contributed by atoms with van der Waals surface area (Å²) in [6.07, 6.45) is 5.46. The van der Waals surface area contributed by atoms with Crippen LogP contribution >= 0.6 is 0 Å². The third-order valence-corrected chi connectivity index (χ3v) is 3.75. The topological polar surface area (TPSA) is 73.8 Å². The Morgan fingerprint density at radius 1 is 1.23 bits per heavy atom. The zero-order valence-electron chi connectivity index (χ0n) is 12.7. The van der Waals surface area contributed by atoms with Crippen molar-refractivity contribution in [2.75, 3.05) is 5.73 Å². The Morgan fingerprint density at radius 2 is 1.95 bits per heavy atom. The lowest BCUT2D eigenvalue weighted by molar-refractivity contribution is 0.870. The number of rotatable bonds is 3. The van der Waals surface area contributed by atoms with Gasteiger partial charge in [0.1, 0.15) is 0 Å². The number of pyridine rings is 1. The molecule has 0 aliphatic rings. The summed E-state index contributed by atoms with van der Waals surface area (Å²) in [5.74, 6) is 0.243.